The van der Waals surface area contributed by atoms with Gasteiger partial charge in [-0.2, -0.15) is 0 Å². The van der Waals surface area contributed by atoms with Crippen molar-refractivity contribution in [2.75, 3.05) is 12.0 Å². The lowest BCUT2D eigenvalue weighted by Crippen LogP contribution is -2.43. The van der Waals surface area contributed by atoms with E-state index in [0.29, 0.717) is 10.7 Å². The monoisotopic (exact) mass is 405 g/mol. The Morgan fingerprint density at radius 1 is 1.32 bits per heavy atom. The van der Waals surface area contributed by atoms with Gasteiger partial charge in [-0.3, -0.25) is 14.4 Å². The Kier molecular flexibility index (Phi) is 3.36. The maximum absolute atomic E-state index is 12.7. The van der Waals surface area contributed by atoms with E-state index in [0.717, 1.165) is 4.90 Å². The summed E-state index contributed by atoms with van der Waals surface area (Å²) in [5, 5.41) is 0.564. The number of nitrogens with zero attached hydrogens (tertiary/aromatic N) is 1. The number of anilines is 1. The predicted octanol–water partition coefficient (Wildman–Crippen LogP) is 2.81. The van der Waals surface area contributed by atoms with Gasteiger partial charge in [0.05, 0.1) is 34.2 Å². The van der Waals surface area contributed by atoms with Gasteiger partial charge in [0.25, 0.3) is 0 Å². The number of halogens is 3. The molecule has 22 heavy (non-hydrogen) atoms. The van der Waals surface area contributed by atoms with E-state index in [-0.39, 0.29) is 5.02 Å². The summed E-state index contributed by atoms with van der Waals surface area (Å²) in [6, 6.07) is 4.49. The lowest BCUT2D eigenvalue weighted by Gasteiger charge is -2.23. The maximum atomic E-state index is 12.7. The molecule has 0 unspecified atom stereocenters. The first-order valence-electron chi connectivity index (χ1n) is 6.32. The first-order valence-corrected chi connectivity index (χ1v) is 7.87. The van der Waals surface area contributed by atoms with Crippen LogP contribution in [-0.4, -0.2) is 29.2 Å². The molecule has 0 radical (unpaired) electrons. The lowest BCUT2D eigenvalue weighted by molar-refractivity contribution is -0.144. The Balaban J connectivity index is 2.01. The maximum Gasteiger partial charge on any atom is 0.324 e. The molecule has 0 aromatic heterocycles. The minimum absolute atomic E-state index is 0.239. The number of piperidine rings is 1. The Morgan fingerprint density at radius 3 is 2.41 bits per heavy atom. The summed E-state index contributed by atoms with van der Waals surface area (Å²) in [6.45, 7) is 1.57. The van der Waals surface area contributed by atoms with Crippen molar-refractivity contribution in [3.05, 3.63) is 28.2 Å². The van der Waals surface area contributed by atoms with Crippen LogP contribution in [0.5, 0.6) is 0 Å². The van der Waals surface area contributed by atoms with Gasteiger partial charge >= 0.3 is 5.97 Å². The standard InChI is InChI=1S/C14H10BrCl2NO4/c1-13-9(14(13,15)12(21)22-2)10(19)18(11(13)20)6-3-4-7(16)8(17)5-6/h3-5,9H,1-2H3/t9-,13-,14-/m0/s1. The number of imide groups is 1. The predicted molar refractivity (Wildman–Crippen MR) is 84.2 cm³/mol. The number of methoxy groups -OCH3 is 1. The third kappa shape index (κ3) is 1.63. The van der Waals surface area contributed by atoms with Crippen molar-refractivity contribution in [1.82, 2.24) is 0 Å². The summed E-state index contributed by atoms with van der Waals surface area (Å²) in [4.78, 5) is 38.2. The second-order valence-electron chi connectivity index (χ2n) is 5.42. The smallest absolute Gasteiger partial charge is 0.324 e. The number of fused-ring (bicyclic) bond motifs is 1. The van der Waals surface area contributed by atoms with Crippen molar-refractivity contribution in [2.45, 2.75) is 11.2 Å². The zero-order valence-electron chi connectivity index (χ0n) is 11.5. The second-order valence-corrected chi connectivity index (χ2v) is 7.48. The number of benzene rings is 1. The zero-order chi connectivity index (χ0) is 16.4. The molecule has 1 saturated heterocycles. The topological polar surface area (TPSA) is 63.7 Å². The fraction of sp³-hybridized carbons (Fsp3) is 0.357. The minimum Gasteiger partial charge on any atom is -0.468 e. The minimum atomic E-state index is -1.30. The van der Waals surface area contributed by atoms with Crippen LogP contribution in [0.3, 0.4) is 0 Å². The number of carbonyl (C=O) groups is 3. The molecular weight excluding hydrogens is 397 g/mol. The first kappa shape index (κ1) is 15.8. The van der Waals surface area contributed by atoms with Gasteiger partial charge in [-0.1, -0.05) is 39.1 Å². The number of esters is 1. The van der Waals surface area contributed by atoms with E-state index in [1.165, 1.54) is 25.3 Å². The number of hydrogen-bond donors (Lipinski definition) is 0. The number of carbonyl (C=O) groups excluding carboxylic acids is 3. The lowest BCUT2D eigenvalue weighted by atomic mass is 10.1. The van der Waals surface area contributed by atoms with Gasteiger partial charge < -0.3 is 4.74 Å². The third-order valence-corrected chi connectivity index (χ3v) is 6.75. The van der Waals surface area contributed by atoms with Crippen LogP contribution in [0, 0.1) is 11.3 Å². The van der Waals surface area contributed by atoms with Crippen LogP contribution in [0.4, 0.5) is 5.69 Å². The SMILES string of the molecule is COC(=O)[C@@]1(Br)[C@H]2C(=O)N(c3ccc(Cl)c(Cl)c3)C(=O)[C@]21C. The fourth-order valence-electron chi connectivity index (χ4n) is 3.08. The van der Waals surface area contributed by atoms with Gasteiger partial charge in [-0.15, -0.1) is 0 Å². The molecule has 5 nitrogen and oxygen atoms in total. The number of alkyl halides is 1. The summed E-state index contributed by atoms with van der Waals surface area (Å²) in [5.74, 6) is -2.36. The summed E-state index contributed by atoms with van der Waals surface area (Å²) < 4.78 is 3.41. The van der Waals surface area contributed by atoms with Gasteiger partial charge in [0.1, 0.15) is 0 Å². The average Bonchev–Trinajstić information content (AvgIpc) is 2.91. The molecule has 1 aliphatic heterocycles. The van der Waals surface area contributed by atoms with Gasteiger partial charge in [-0.25, -0.2) is 4.90 Å². The molecule has 1 aliphatic carbocycles. The highest BCUT2D eigenvalue weighted by Crippen LogP contribution is 2.72. The van der Waals surface area contributed by atoms with Crippen LogP contribution in [0.15, 0.2) is 18.2 Å². The quantitative estimate of drug-likeness (QED) is 0.430. The van der Waals surface area contributed by atoms with E-state index in [9.17, 15) is 14.4 Å². The molecule has 116 valence electrons. The molecule has 2 amide bonds. The Morgan fingerprint density at radius 2 is 1.95 bits per heavy atom. The van der Waals surface area contributed by atoms with E-state index in [1.807, 2.05) is 0 Å². The average molecular weight is 407 g/mol. The highest BCUT2D eigenvalue weighted by molar-refractivity contribution is 9.10. The Hall–Kier alpha value is -1.11. The van der Waals surface area contributed by atoms with Crippen molar-refractivity contribution >= 4 is 62.6 Å². The molecule has 0 N–H and O–H groups in total. The van der Waals surface area contributed by atoms with Gasteiger partial charge in [0.2, 0.25) is 11.8 Å². The van der Waals surface area contributed by atoms with E-state index in [2.05, 4.69) is 15.9 Å². The number of ether oxygens (including phenoxy) is 1. The molecule has 8 heteroatoms. The van der Waals surface area contributed by atoms with E-state index >= 15 is 0 Å². The summed E-state index contributed by atoms with van der Waals surface area (Å²) in [5.41, 5.74) is -0.832. The van der Waals surface area contributed by atoms with Gasteiger partial charge in [0, 0.05) is 0 Å². The van der Waals surface area contributed by atoms with Crippen LogP contribution in [0.25, 0.3) is 0 Å². The third-order valence-electron chi connectivity index (χ3n) is 4.41. The Labute approximate surface area is 144 Å². The number of rotatable bonds is 2. The number of amides is 2. The van der Waals surface area contributed by atoms with E-state index in [4.69, 9.17) is 27.9 Å². The fourth-order valence-corrected chi connectivity index (χ4v) is 4.47. The molecule has 0 spiro atoms. The summed E-state index contributed by atoms with van der Waals surface area (Å²) >= 11 is 15.0. The molecule has 3 atom stereocenters. The van der Waals surface area contributed by atoms with Crippen LogP contribution >= 0.6 is 39.1 Å². The molecule has 1 aromatic rings. The number of hydrogen-bond acceptors (Lipinski definition) is 4. The second kappa shape index (κ2) is 4.69. The largest absolute Gasteiger partial charge is 0.468 e. The van der Waals surface area contributed by atoms with Gasteiger partial charge in [-0.05, 0) is 25.1 Å². The van der Waals surface area contributed by atoms with Crippen molar-refractivity contribution in [2.24, 2.45) is 11.3 Å². The highest BCUT2D eigenvalue weighted by Gasteiger charge is 2.89. The van der Waals surface area contributed by atoms with Crippen LogP contribution < -0.4 is 4.90 Å². The molecule has 2 aliphatic rings. The molecule has 1 heterocycles. The first-order chi connectivity index (χ1) is 10.2. The van der Waals surface area contributed by atoms with E-state index in [1.54, 1.807) is 6.92 Å². The van der Waals surface area contributed by atoms with Crippen molar-refractivity contribution < 1.29 is 19.1 Å². The van der Waals surface area contributed by atoms with Crippen LogP contribution in [-0.2, 0) is 19.1 Å². The van der Waals surface area contributed by atoms with Crippen molar-refractivity contribution in [3.8, 4) is 0 Å². The Bertz CT molecular complexity index is 740. The van der Waals surface area contributed by atoms with Crippen LogP contribution in [0.1, 0.15) is 6.92 Å². The molecule has 1 aromatic carbocycles. The molecule has 3 rings (SSSR count). The summed E-state index contributed by atoms with van der Waals surface area (Å²) in [7, 11) is 1.22. The van der Waals surface area contributed by atoms with Crippen LogP contribution in [0.2, 0.25) is 10.0 Å². The van der Waals surface area contributed by atoms with Gasteiger partial charge in [0.15, 0.2) is 4.32 Å². The zero-order valence-corrected chi connectivity index (χ0v) is 14.6. The van der Waals surface area contributed by atoms with Crippen molar-refractivity contribution in [1.29, 1.82) is 0 Å². The molecule has 0 bridgehead atoms. The van der Waals surface area contributed by atoms with Crippen molar-refractivity contribution in [3.63, 3.8) is 0 Å². The summed E-state index contributed by atoms with van der Waals surface area (Å²) in [6.07, 6.45) is 0. The molecular formula is C14H10BrCl2NO4. The molecule has 1 saturated carbocycles. The normalized spacial score (nSPS) is 33.0. The highest BCUT2D eigenvalue weighted by atomic mass is 79.9. The molecule has 2 fully saturated rings. The van der Waals surface area contributed by atoms with E-state index < -0.39 is 33.4 Å².